The molecule has 0 aromatic heterocycles. The first kappa shape index (κ1) is 50.8. The van der Waals surface area contributed by atoms with Gasteiger partial charge in [0.2, 0.25) is 18.6 Å². The van der Waals surface area contributed by atoms with Crippen LogP contribution < -0.4 is 26.3 Å². The van der Waals surface area contributed by atoms with Crippen LogP contribution in [0.5, 0.6) is 11.5 Å². The average Bonchev–Trinajstić information content (AvgIpc) is 3.86. The fraction of sp³-hybridized carbons (Fsp3) is 0.725. The maximum Gasteiger partial charge on any atom is 0.490 e. The predicted octanol–water partition coefficient (Wildman–Crippen LogP) is 4.50. The molecule has 2 unspecified atom stereocenters. The summed E-state index contributed by atoms with van der Waals surface area (Å²) in [5, 5.41) is 10.0. The first-order valence-electron chi connectivity index (χ1n) is 19.7. The lowest BCUT2D eigenvalue weighted by atomic mass is 9.80. The molecule has 1 saturated heterocycles. The molecule has 0 bridgehead atoms. The number of nitrogens with one attached hydrogen (secondary N) is 1. The number of hydrogen-bond acceptors (Lipinski definition) is 12. The Labute approximate surface area is 344 Å². The van der Waals surface area contributed by atoms with E-state index in [-0.39, 0.29) is 48.8 Å². The largest absolute Gasteiger partial charge is 0.493 e. The van der Waals surface area contributed by atoms with Crippen LogP contribution in [0.4, 0.5) is 18.0 Å². The molecule has 1 aliphatic carbocycles. The Bertz CT molecular complexity index is 1540. The van der Waals surface area contributed by atoms with Gasteiger partial charge in [-0.1, -0.05) is 33.8 Å². The molecule has 16 nitrogen and oxygen atoms in total. The van der Waals surface area contributed by atoms with E-state index in [4.69, 9.17) is 49.8 Å². The van der Waals surface area contributed by atoms with E-state index in [9.17, 15) is 32.3 Å². The number of carbonyl (C=O) groups excluding carboxylic acids is 4. The van der Waals surface area contributed by atoms with Gasteiger partial charge in [-0.25, -0.2) is 9.59 Å². The number of halogens is 3. The van der Waals surface area contributed by atoms with E-state index in [1.807, 2.05) is 32.0 Å². The summed E-state index contributed by atoms with van der Waals surface area (Å²) in [7, 11) is 3.26. The summed E-state index contributed by atoms with van der Waals surface area (Å²) in [4.78, 5) is 61.7. The highest BCUT2D eigenvalue weighted by atomic mass is 19.4. The van der Waals surface area contributed by atoms with Crippen LogP contribution in [0.15, 0.2) is 18.2 Å². The zero-order valence-corrected chi connectivity index (χ0v) is 35.3. The molecule has 1 aromatic rings. The van der Waals surface area contributed by atoms with Gasteiger partial charge in [0.05, 0.1) is 37.2 Å². The second-order valence-corrected chi connectivity index (χ2v) is 16.2. The van der Waals surface area contributed by atoms with Gasteiger partial charge in [-0.15, -0.1) is 0 Å². The molecule has 2 aliphatic rings. The number of primary amides is 1. The number of benzene rings is 1. The Morgan fingerprint density at radius 2 is 1.66 bits per heavy atom. The maximum atomic E-state index is 13.5. The van der Waals surface area contributed by atoms with E-state index in [0.717, 1.165) is 12.0 Å². The fourth-order valence-corrected chi connectivity index (χ4v) is 6.41. The minimum atomic E-state index is -5.08. The monoisotopic (exact) mass is 848 g/mol. The van der Waals surface area contributed by atoms with Crippen LogP contribution in [0.1, 0.15) is 72.8 Å². The van der Waals surface area contributed by atoms with Gasteiger partial charge in [0.15, 0.2) is 11.5 Å². The molecule has 1 aliphatic heterocycles. The third-order valence-corrected chi connectivity index (χ3v) is 10.6. The lowest BCUT2D eigenvalue weighted by Crippen LogP contribution is -2.47. The first-order valence-corrected chi connectivity index (χ1v) is 19.7. The van der Waals surface area contributed by atoms with Gasteiger partial charge in [0.1, 0.15) is 6.73 Å². The average molecular weight is 849 g/mol. The zero-order chi connectivity index (χ0) is 44.7. The molecule has 3 rings (SSSR count). The second kappa shape index (κ2) is 23.4. The van der Waals surface area contributed by atoms with E-state index in [1.54, 1.807) is 28.1 Å². The molecule has 3 amide bonds. The van der Waals surface area contributed by atoms with Crippen molar-refractivity contribution in [2.75, 3.05) is 54.0 Å². The summed E-state index contributed by atoms with van der Waals surface area (Å²) in [6.07, 6.45) is -3.28. The Hall–Kier alpha value is -4.36. The summed E-state index contributed by atoms with van der Waals surface area (Å²) >= 11 is 0. The molecule has 6 N–H and O–H groups in total. The third-order valence-electron chi connectivity index (χ3n) is 10.6. The second-order valence-electron chi connectivity index (χ2n) is 16.2. The number of methoxy groups -OCH3 is 2. The predicted molar refractivity (Wildman–Crippen MR) is 208 cm³/mol. The van der Waals surface area contributed by atoms with Crippen LogP contribution in [0, 0.1) is 40.9 Å². The van der Waals surface area contributed by atoms with Crippen molar-refractivity contribution in [3.8, 4) is 11.5 Å². The lowest BCUT2D eigenvalue weighted by Gasteiger charge is -2.33. The Kier molecular flexibility index (Phi) is 20.2. The van der Waals surface area contributed by atoms with Crippen molar-refractivity contribution in [1.82, 2.24) is 10.2 Å². The van der Waals surface area contributed by atoms with Gasteiger partial charge in [0, 0.05) is 32.6 Å². The van der Waals surface area contributed by atoms with Crippen molar-refractivity contribution in [2.45, 2.75) is 92.0 Å². The third kappa shape index (κ3) is 16.3. The SMILES string of the molecule is COCCCOc1cc(C[C@@H](C[C@H]2[C@H](C[C@H](C(=O)NCC(C)(C)C(N)=O)C(C)C)OCN2C(=O)OCOC(=O)C2CC2CN)C(C)C)ccc1OC.O=C(O)C(F)(F)F. The highest BCUT2D eigenvalue weighted by Crippen LogP contribution is 2.39. The molecule has 1 saturated carbocycles. The van der Waals surface area contributed by atoms with Gasteiger partial charge >= 0.3 is 24.2 Å². The highest BCUT2D eigenvalue weighted by Gasteiger charge is 2.45. The number of nitrogens with zero attached hydrogens (tertiary/aromatic N) is 1. The number of alkyl halides is 3. The van der Waals surface area contributed by atoms with E-state index in [1.165, 1.54) is 4.90 Å². The lowest BCUT2D eigenvalue weighted by molar-refractivity contribution is -0.192. The van der Waals surface area contributed by atoms with Crippen LogP contribution in [-0.2, 0) is 44.5 Å². The molecule has 0 radical (unpaired) electrons. The molecule has 1 heterocycles. The quantitative estimate of drug-likeness (QED) is 0.0717. The zero-order valence-electron chi connectivity index (χ0n) is 35.3. The number of carboxylic acids is 1. The van der Waals surface area contributed by atoms with Crippen LogP contribution in [0.25, 0.3) is 0 Å². The van der Waals surface area contributed by atoms with Crippen LogP contribution >= 0.6 is 0 Å². The molecule has 59 heavy (non-hydrogen) atoms. The van der Waals surface area contributed by atoms with Crippen molar-refractivity contribution in [3.05, 3.63) is 23.8 Å². The van der Waals surface area contributed by atoms with Gasteiger partial charge < -0.3 is 50.3 Å². The minimum Gasteiger partial charge on any atom is -0.493 e. The normalized spacial score (nSPS) is 19.9. The van der Waals surface area contributed by atoms with Crippen molar-refractivity contribution >= 4 is 29.8 Å². The Balaban J connectivity index is 0.00000157. The molecular formula is C40H63F3N4O12. The number of hydrogen-bond donors (Lipinski definition) is 4. The highest BCUT2D eigenvalue weighted by molar-refractivity contribution is 5.83. The Morgan fingerprint density at radius 1 is 1.00 bits per heavy atom. The maximum absolute atomic E-state index is 13.5. The van der Waals surface area contributed by atoms with E-state index < -0.39 is 60.4 Å². The van der Waals surface area contributed by atoms with Crippen LogP contribution in [0.2, 0.25) is 0 Å². The van der Waals surface area contributed by atoms with E-state index in [0.29, 0.717) is 56.9 Å². The smallest absolute Gasteiger partial charge is 0.490 e. The first-order chi connectivity index (χ1) is 27.6. The number of rotatable bonds is 22. The molecule has 1 aromatic carbocycles. The molecule has 0 spiro atoms. The molecule has 336 valence electrons. The standard InChI is InChI=1S/C38H62N4O10.C2HF3O2/c1-23(2)26(14-25-10-11-31(48-8)33(15-25)49-13-9-12-47-7)17-30-32(18-28(24(3)4)34(43)41-20-38(5,6)36(40)45)50-21-42(30)37(46)52-22-51-35(44)29-16-27(29)19-39;3-2(4,5)1(6)7/h10-11,15,23-24,26-30,32H,9,12-14,16-22,39H2,1-8H3,(H2,40,45)(H,41,43);(H,6,7)/t26-,27?,28-,29?,30-,32-;/m0./s1. The molecule has 2 fully saturated rings. The minimum absolute atomic E-state index is 0.0477. The number of aliphatic carboxylic acids is 1. The van der Waals surface area contributed by atoms with Crippen molar-refractivity contribution < 1.29 is 70.7 Å². The number of nitrogens with two attached hydrogens (primary N) is 2. The van der Waals surface area contributed by atoms with Crippen molar-refractivity contribution in [2.24, 2.45) is 52.4 Å². The van der Waals surface area contributed by atoms with Crippen molar-refractivity contribution in [1.29, 1.82) is 0 Å². The van der Waals surface area contributed by atoms with Gasteiger partial charge in [-0.05, 0) is 87.4 Å². The summed E-state index contributed by atoms with van der Waals surface area (Å²) in [5.74, 6) is -3.02. The number of amides is 3. The molecule has 6 atom stereocenters. The summed E-state index contributed by atoms with van der Waals surface area (Å²) in [6, 6.07) is 5.46. The number of carboxylic acid groups (broad SMARTS) is 1. The molecule has 19 heteroatoms. The topological polar surface area (TPSA) is 228 Å². The van der Waals surface area contributed by atoms with E-state index >= 15 is 0 Å². The van der Waals surface area contributed by atoms with Gasteiger partial charge in [-0.3, -0.25) is 19.3 Å². The summed E-state index contributed by atoms with van der Waals surface area (Å²) in [6.45, 7) is 12.6. The fourth-order valence-electron chi connectivity index (χ4n) is 6.41. The number of carbonyl (C=O) groups is 5. The van der Waals surface area contributed by atoms with Crippen LogP contribution in [-0.4, -0.2) is 112 Å². The molecular weight excluding hydrogens is 785 g/mol. The van der Waals surface area contributed by atoms with Crippen molar-refractivity contribution in [3.63, 3.8) is 0 Å². The van der Waals surface area contributed by atoms with Gasteiger partial charge in [-0.2, -0.15) is 13.2 Å². The number of esters is 1. The number of ether oxygens (including phenoxy) is 6. The Morgan fingerprint density at radius 3 is 2.19 bits per heavy atom. The van der Waals surface area contributed by atoms with E-state index in [2.05, 4.69) is 19.2 Å². The van der Waals surface area contributed by atoms with Crippen LogP contribution in [0.3, 0.4) is 0 Å². The van der Waals surface area contributed by atoms with Gasteiger partial charge in [0.25, 0.3) is 0 Å². The summed E-state index contributed by atoms with van der Waals surface area (Å²) < 4.78 is 65.4. The summed E-state index contributed by atoms with van der Waals surface area (Å²) in [5.41, 5.74) is 11.3.